The average molecular weight is 460 g/mol. The highest BCUT2D eigenvalue weighted by molar-refractivity contribution is 6.15. The summed E-state index contributed by atoms with van der Waals surface area (Å²) < 4.78 is 24.6. The zero-order valence-corrected chi connectivity index (χ0v) is 18.2. The first-order valence-electron chi connectivity index (χ1n) is 10.7. The van der Waals surface area contributed by atoms with Crippen molar-refractivity contribution in [1.29, 1.82) is 0 Å². The molecule has 1 atom stereocenters. The van der Waals surface area contributed by atoms with Crippen LogP contribution in [0.15, 0.2) is 82.8 Å². The summed E-state index contributed by atoms with van der Waals surface area (Å²) >= 11 is 0. The van der Waals surface area contributed by atoms with Gasteiger partial charge in [-0.3, -0.25) is 9.59 Å². The number of aromatic nitrogens is 1. The van der Waals surface area contributed by atoms with Crippen LogP contribution in [0.5, 0.6) is 5.75 Å². The quantitative estimate of drug-likeness (QED) is 0.389. The van der Waals surface area contributed by atoms with Crippen LogP contribution in [-0.4, -0.2) is 40.3 Å². The van der Waals surface area contributed by atoms with E-state index in [-0.39, 0.29) is 17.9 Å². The highest BCUT2D eigenvalue weighted by atomic mass is 19.1. The summed E-state index contributed by atoms with van der Waals surface area (Å²) in [6, 6.07) is 13.4. The van der Waals surface area contributed by atoms with E-state index in [2.05, 4.69) is 4.98 Å². The SMILES string of the molecule is COc1ccc2[nH]cc(CCN3C(=O)C(O)=C(C(=O)c4ccco4)C3c3cccc(F)c3)c2c1. The Morgan fingerprint density at radius 1 is 1.21 bits per heavy atom. The lowest BCUT2D eigenvalue weighted by atomic mass is 9.95. The molecule has 0 spiro atoms. The number of aromatic amines is 1. The molecule has 5 rings (SSSR count). The minimum absolute atomic E-state index is 0.0127. The topological polar surface area (TPSA) is 95.8 Å². The van der Waals surface area contributed by atoms with E-state index in [9.17, 15) is 19.1 Å². The molecule has 34 heavy (non-hydrogen) atoms. The molecule has 0 saturated heterocycles. The van der Waals surface area contributed by atoms with Gasteiger partial charge in [0.15, 0.2) is 11.5 Å². The maximum atomic E-state index is 14.1. The van der Waals surface area contributed by atoms with Crippen LogP contribution >= 0.6 is 0 Å². The number of carbonyl (C=O) groups is 2. The van der Waals surface area contributed by atoms with Crippen LogP contribution in [0.4, 0.5) is 4.39 Å². The number of ketones is 1. The molecule has 2 N–H and O–H groups in total. The first kappa shape index (κ1) is 21.5. The maximum Gasteiger partial charge on any atom is 0.290 e. The lowest BCUT2D eigenvalue weighted by molar-refractivity contribution is -0.129. The Bertz CT molecular complexity index is 1420. The van der Waals surface area contributed by atoms with E-state index in [1.165, 1.54) is 35.4 Å². The molecule has 3 heterocycles. The van der Waals surface area contributed by atoms with Crippen LogP contribution in [0.3, 0.4) is 0 Å². The lowest BCUT2D eigenvalue weighted by Crippen LogP contribution is -2.33. The van der Waals surface area contributed by atoms with E-state index in [0.717, 1.165) is 16.5 Å². The second-order valence-electron chi connectivity index (χ2n) is 8.00. The molecule has 0 fully saturated rings. The number of aliphatic hydroxyl groups excluding tert-OH is 1. The molecule has 1 amide bonds. The zero-order chi connectivity index (χ0) is 23.8. The fraction of sp³-hybridized carbons (Fsp3) is 0.154. The lowest BCUT2D eigenvalue weighted by Gasteiger charge is -2.26. The minimum Gasteiger partial charge on any atom is -0.503 e. The van der Waals surface area contributed by atoms with Gasteiger partial charge in [0, 0.05) is 23.6 Å². The predicted molar refractivity (Wildman–Crippen MR) is 122 cm³/mol. The van der Waals surface area contributed by atoms with Crippen LogP contribution in [-0.2, 0) is 11.2 Å². The Morgan fingerprint density at radius 2 is 2.06 bits per heavy atom. The van der Waals surface area contributed by atoms with Gasteiger partial charge in [0.2, 0.25) is 5.78 Å². The van der Waals surface area contributed by atoms with Gasteiger partial charge in [0.05, 0.1) is 25.0 Å². The third-order valence-corrected chi connectivity index (χ3v) is 6.05. The molecular weight excluding hydrogens is 439 g/mol. The van der Waals surface area contributed by atoms with Crippen LogP contribution in [0.25, 0.3) is 10.9 Å². The van der Waals surface area contributed by atoms with Gasteiger partial charge >= 0.3 is 0 Å². The van der Waals surface area contributed by atoms with Gasteiger partial charge in [-0.25, -0.2) is 4.39 Å². The Hall–Kier alpha value is -4.33. The highest BCUT2D eigenvalue weighted by Crippen LogP contribution is 2.39. The van der Waals surface area contributed by atoms with Gasteiger partial charge in [0.1, 0.15) is 11.6 Å². The number of carbonyl (C=O) groups excluding carboxylic acids is 2. The van der Waals surface area contributed by atoms with Gasteiger partial charge in [-0.15, -0.1) is 0 Å². The molecule has 2 aromatic carbocycles. The molecule has 1 aliphatic rings. The minimum atomic E-state index is -0.958. The summed E-state index contributed by atoms with van der Waals surface area (Å²) in [6.07, 6.45) is 3.62. The number of rotatable bonds is 7. The first-order valence-corrected chi connectivity index (χ1v) is 10.7. The van der Waals surface area contributed by atoms with Gasteiger partial charge in [-0.2, -0.15) is 0 Å². The number of nitrogens with one attached hydrogen (secondary N) is 1. The largest absolute Gasteiger partial charge is 0.503 e. The van der Waals surface area contributed by atoms with E-state index < -0.39 is 29.3 Å². The first-order chi connectivity index (χ1) is 16.5. The average Bonchev–Trinajstić information content (AvgIpc) is 3.57. The standard InChI is InChI=1S/C26H21FN2O5/c1-33-18-7-8-20-19(13-18)16(14-28-20)9-10-29-23(15-4-2-5-17(27)12-15)22(25(31)26(29)32)24(30)21-6-3-11-34-21/h2-8,11-14,23,28,31H,9-10H2,1H3. The van der Waals surface area contributed by atoms with E-state index in [4.69, 9.17) is 9.15 Å². The highest BCUT2D eigenvalue weighted by Gasteiger charge is 2.44. The number of fused-ring (bicyclic) bond motifs is 1. The van der Waals surface area contributed by atoms with Crippen LogP contribution < -0.4 is 4.74 Å². The number of benzene rings is 2. The monoisotopic (exact) mass is 460 g/mol. The number of amides is 1. The number of aliphatic hydroxyl groups is 1. The van der Waals surface area contributed by atoms with Crippen molar-refractivity contribution in [2.45, 2.75) is 12.5 Å². The number of Topliss-reactive ketones (excluding diaryl/α,β-unsaturated/α-hetero) is 1. The molecule has 1 aliphatic heterocycles. The Labute approximate surface area is 194 Å². The Kier molecular flexibility index (Phi) is 5.41. The summed E-state index contributed by atoms with van der Waals surface area (Å²) in [7, 11) is 1.59. The fourth-order valence-electron chi connectivity index (χ4n) is 4.41. The van der Waals surface area contributed by atoms with E-state index in [1.54, 1.807) is 19.2 Å². The molecule has 172 valence electrons. The van der Waals surface area contributed by atoms with Gasteiger partial charge in [-0.1, -0.05) is 12.1 Å². The molecule has 0 radical (unpaired) electrons. The molecule has 4 aromatic rings. The number of furan rings is 1. The molecule has 8 heteroatoms. The van der Waals surface area contributed by atoms with E-state index in [1.807, 2.05) is 24.4 Å². The molecule has 0 aliphatic carbocycles. The van der Waals surface area contributed by atoms with Crippen molar-refractivity contribution in [1.82, 2.24) is 9.88 Å². The zero-order valence-electron chi connectivity index (χ0n) is 18.2. The van der Waals surface area contributed by atoms with Crippen LogP contribution in [0, 0.1) is 5.82 Å². The van der Waals surface area contributed by atoms with Crippen molar-refractivity contribution in [3.63, 3.8) is 0 Å². The predicted octanol–water partition coefficient (Wildman–Crippen LogP) is 4.73. The number of hydrogen-bond donors (Lipinski definition) is 2. The summed E-state index contributed by atoms with van der Waals surface area (Å²) in [5, 5.41) is 11.6. The number of halogens is 1. The number of H-pyrrole nitrogens is 1. The van der Waals surface area contributed by atoms with Crippen molar-refractivity contribution in [3.05, 3.63) is 101 Å². The van der Waals surface area contributed by atoms with E-state index in [0.29, 0.717) is 17.7 Å². The van der Waals surface area contributed by atoms with Crippen molar-refractivity contribution in [3.8, 4) is 5.75 Å². The second-order valence-corrected chi connectivity index (χ2v) is 8.00. The summed E-state index contributed by atoms with van der Waals surface area (Å²) in [5.74, 6) is -1.79. The third kappa shape index (κ3) is 3.63. The number of nitrogens with zero attached hydrogens (tertiary/aromatic N) is 1. The van der Waals surface area contributed by atoms with Crippen molar-refractivity contribution < 1.29 is 28.2 Å². The van der Waals surface area contributed by atoms with Crippen LogP contribution in [0.2, 0.25) is 0 Å². The number of methoxy groups -OCH3 is 1. The summed E-state index contributed by atoms with van der Waals surface area (Å²) in [5.41, 5.74) is 2.10. The van der Waals surface area contributed by atoms with Gasteiger partial charge in [-0.05, 0) is 60.0 Å². The Morgan fingerprint density at radius 3 is 2.79 bits per heavy atom. The third-order valence-electron chi connectivity index (χ3n) is 6.05. The normalized spacial score (nSPS) is 16.0. The number of hydrogen-bond acceptors (Lipinski definition) is 5. The molecule has 7 nitrogen and oxygen atoms in total. The molecule has 0 bridgehead atoms. The molecule has 2 aromatic heterocycles. The smallest absolute Gasteiger partial charge is 0.290 e. The van der Waals surface area contributed by atoms with E-state index >= 15 is 0 Å². The van der Waals surface area contributed by atoms with Crippen molar-refractivity contribution in [2.24, 2.45) is 0 Å². The maximum absolute atomic E-state index is 14.1. The second kappa shape index (κ2) is 8.55. The van der Waals surface area contributed by atoms with Gasteiger partial charge in [0.25, 0.3) is 5.91 Å². The van der Waals surface area contributed by atoms with Crippen LogP contribution in [0.1, 0.15) is 27.7 Å². The number of ether oxygens (including phenoxy) is 1. The molecule has 0 saturated carbocycles. The molecule has 1 unspecified atom stereocenters. The Balaban J connectivity index is 1.51. The summed E-state index contributed by atoms with van der Waals surface area (Å²) in [4.78, 5) is 30.8. The van der Waals surface area contributed by atoms with Gasteiger partial charge < -0.3 is 24.1 Å². The van der Waals surface area contributed by atoms with Crippen molar-refractivity contribution >= 4 is 22.6 Å². The van der Waals surface area contributed by atoms with Crippen molar-refractivity contribution in [2.75, 3.05) is 13.7 Å². The fourth-order valence-corrected chi connectivity index (χ4v) is 4.41. The molecular formula is C26H21FN2O5. The summed E-state index contributed by atoms with van der Waals surface area (Å²) in [6.45, 7) is 0.184.